The zero-order valence-corrected chi connectivity index (χ0v) is 14.5. The van der Waals surface area contributed by atoms with Crippen LogP contribution in [0.2, 0.25) is 0 Å². The molecular formula is C20H27N3O. The summed E-state index contributed by atoms with van der Waals surface area (Å²) in [5, 5.41) is 0. The van der Waals surface area contributed by atoms with Crippen LogP contribution in [0.15, 0.2) is 49.1 Å². The molecule has 3 rings (SSSR count). The molecule has 1 saturated heterocycles. The zero-order chi connectivity index (χ0) is 16.8. The van der Waals surface area contributed by atoms with Crippen LogP contribution >= 0.6 is 0 Å². The smallest absolute Gasteiger partial charge is 0.223 e. The Morgan fingerprint density at radius 3 is 2.79 bits per heavy atom. The van der Waals surface area contributed by atoms with Gasteiger partial charge in [0.15, 0.2) is 0 Å². The van der Waals surface area contributed by atoms with Crippen molar-refractivity contribution in [3.63, 3.8) is 0 Å². The highest BCUT2D eigenvalue weighted by molar-refractivity contribution is 5.77. The summed E-state index contributed by atoms with van der Waals surface area (Å²) in [6, 6.07) is 10.3. The molecule has 0 N–H and O–H groups in total. The van der Waals surface area contributed by atoms with E-state index in [0.29, 0.717) is 12.3 Å². The first-order valence-corrected chi connectivity index (χ1v) is 9.04. The van der Waals surface area contributed by atoms with Gasteiger partial charge in [-0.25, -0.2) is 4.98 Å². The lowest BCUT2D eigenvalue weighted by molar-refractivity contribution is -0.141. The van der Waals surface area contributed by atoms with Gasteiger partial charge in [0.2, 0.25) is 5.91 Å². The first-order chi connectivity index (χ1) is 11.7. The lowest BCUT2D eigenvalue weighted by atomic mass is 9.83. The van der Waals surface area contributed by atoms with Crippen LogP contribution in [0, 0.1) is 0 Å². The molecule has 0 saturated carbocycles. The zero-order valence-electron chi connectivity index (χ0n) is 14.5. The summed E-state index contributed by atoms with van der Waals surface area (Å²) in [5.41, 5.74) is 1.17. The van der Waals surface area contributed by atoms with E-state index in [1.54, 1.807) is 0 Å². The van der Waals surface area contributed by atoms with Crippen molar-refractivity contribution in [2.24, 2.45) is 0 Å². The molecule has 1 atom stereocenters. The SMILES string of the molecule is CCC1(Cn2ccnc2)CCCCN1C(=O)CCc1ccccc1. The molecule has 1 aliphatic rings. The van der Waals surface area contributed by atoms with Crippen LogP contribution in [0.5, 0.6) is 0 Å². The van der Waals surface area contributed by atoms with Gasteiger partial charge in [0.1, 0.15) is 0 Å². The van der Waals surface area contributed by atoms with Gasteiger partial charge >= 0.3 is 0 Å². The summed E-state index contributed by atoms with van der Waals surface area (Å²) in [6.45, 7) is 3.94. The maximum Gasteiger partial charge on any atom is 0.223 e. The van der Waals surface area contributed by atoms with Crippen molar-refractivity contribution in [1.29, 1.82) is 0 Å². The van der Waals surface area contributed by atoms with Crippen LogP contribution in [-0.4, -0.2) is 32.4 Å². The van der Waals surface area contributed by atoms with Gasteiger partial charge in [-0.3, -0.25) is 4.79 Å². The molecule has 1 unspecified atom stereocenters. The van der Waals surface area contributed by atoms with Gasteiger partial charge < -0.3 is 9.47 Å². The lowest BCUT2D eigenvalue weighted by Gasteiger charge is -2.47. The van der Waals surface area contributed by atoms with Gasteiger partial charge in [-0.05, 0) is 37.7 Å². The highest BCUT2D eigenvalue weighted by Crippen LogP contribution is 2.33. The highest BCUT2D eigenvalue weighted by atomic mass is 16.2. The number of piperidine rings is 1. The van der Waals surface area contributed by atoms with E-state index < -0.39 is 0 Å². The summed E-state index contributed by atoms with van der Waals surface area (Å²) in [5.74, 6) is 0.292. The van der Waals surface area contributed by atoms with Gasteiger partial charge in [0.05, 0.1) is 11.9 Å². The molecule has 0 bridgehead atoms. The molecule has 1 fully saturated rings. The summed E-state index contributed by atoms with van der Waals surface area (Å²) >= 11 is 0. The number of hydrogen-bond donors (Lipinski definition) is 0. The standard InChI is InChI=1S/C20H27N3O/c1-2-20(16-22-15-13-21-17-22)12-6-7-14-23(20)19(24)11-10-18-8-4-3-5-9-18/h3-5,8-9,13,15,17H,2,6-7,10-12,14,16H2,1H3. The number of aryl methyl sites for hydroxylation is 1. The van der Waals surface area contributed by atoms with Crippen LogP contribution < -0.4 is 0 Å². The number of nitrogens with zero attached hydrogens (tertiary/aromatic N) is 3. The topological polar surface area (TPSA) is 38.1 Å². The maximum atomic E-state index is 13.0. The maximum absolute atomic E-state index is 13.0. The molecule has 0 spiro atoms. The molecule has 128 valence electrons. The molecule has 24 heavy (non-hydrogen) atoms. The minimum absolute atomic E-state index is 0.0628. The lowest BCUT2D eigenvalue weighted by Crippen LogP contribution is -2.56. The van der Waals surface area contributed by atoms with E-state index in [1.165, 1.54) is 12.0 Å². The number of likely N-dealkylation sites (tertiary alicyclic amines) is 1. The van der Waals surface area contributed by atoms with Gasteiger partial charge in [-0.15, -0.1) is 0 Å². The summed E-state index contributed by atoms with van der Waals surface area (Å²) in [6.07, 6.45) is 11.5. The predicted molar refractivity (Wildman–Crippen MR) is 95.6 cm³/mol. The van der Waals surface area contributed by atoms with Crippen LogP contribution in [0.4, 0.5) is 0 Å². The molecule has 1 aliphatic heterocycles. The molecule has 0 radical (unpaired) electrons. The molecule has 1 aromatic carbocycles. The number of carbonyl (C=O) groups excluding carboxylic acids is 1. The third kappa shape index (κ3) is 3.69. The van der Waals surface area contributed by atoms with E-state index in [0.717, 1.165) is 38.8 Å². The number of carbonyl (C=O) groups is 1. The van der Waals surface area contributed by atoms with Gasteiger partial charge in [0, 0.05) is 31.9 Å². The van der Waals surface area contributed by atoms with E-state index in [-0.39, 0.29) is 5.54 Å². The molecule has 1 amide bonds. The Balaban J connectivity index is 1.71. The molecule has 1 aromatic heterocycles. The Hall–Kier alpha value is -2.10. The van der Waals surface area contributed by atoms with Crippen LogP contribution in [0.25, 0.3) is 0 Å². The van der Waals surface area contributed by atoms with E-state index in [4.69, 9.17) is 0 Å². The largest absolute Gasteiger partial charge is 0.335 e. The summed E-state index contributed by atoms with van der Waals surface area (Å²) < 4.78 is 2.12. The Morgan fingerprint density at radius 1 is 1.25 bits per heavy atom. The van der Waals surface area contributed by atoms with Crippen molar-refractivity contribution in [2.45, 2.75) is 57.5 Å². The number of imidazole rings is 1. The highest BCUT2D eigenvalue weighted by Gasteiger charge is 2.40. The molecule has 4 heteroatoms. The average molecular weight is 325 g/mol. The van der Waals surface area contributed by atoms with Gasteiger partial charge in [0.25, 0.3) is 0 Å². The fraction of sp³-hybridized carbons (Fsp3) is 0.500. The van der Waals surface area contributed by atoms with E-state index in [9.17, 15) is 4.79 Å². The van der Waals surface area contributed by atoms with Crippen molar-refractivity contribution >= 4 is 5.91 Å². The van der Waals surface area contributed by atoms with Crippen LogP contribution in [-0.2, 0) is 17.8 Å². The first-order valence-electron chi connectivity index (χ1n) is 9.04. The summed E-state index contributed by atoms with van der Waals surface area (Å²) in [4.78, 5) is 19.3. The van der Waals surface area contributed by atoms with Crippen LogP contribution in [0.3, 0.4) is 0 Å². The Kier molecular flexibility index (Phi) is 5.34. The van der Waals surface area contributed by atoms with Crippen molar-refractivity contribution in [2.75, 3.05) is 6.54 Å². The second kappa shape index (κ2) is 7.65. The number of amides is 1. The van der Waals surface area contributed by atoms with E-state index >= 15 is 0 Å². The number of benzene rings is 1. The second-order valence-electron chi connectivity index (χ2n) is 6.80. The minimum Gasteiger partial charge on any atom is -0.335 e. The predicted octanol–water partition coefficient (Wildman–Crippen LogP) is 3.68. The van der Waals surface area contributed by atoms with Gasteiger partial charge in [-0.1, -0.05) is 37.3 Å². The van der Waals surface area contributed by atoms with Crippen LogP contribution in [0.1, 0.15) is 44.6 Å². The third-order valence-electron chi connectivity index (χ3n) is 5.31. The van der Waals surface area contributed by atoms with E-state index in [1.807, 2.05) is 36.9 Å². The van der Waals surface area contributed by atoms with Crippen molar-refractivity contribution in [1.82, 2.24) is 14.5 Å². The molecule has 2 heterocycles. The Bertz CT molecular complexity index is 638. The molecule has 0 aliphatic carbocycles. The van der Waals surface area contributed by atoms with E-state index in [2.05, 4.69) is 33.5 Å². The van der Waals surface area contributed by atoms with Crippen molar-refractivity contribution in [3.05, 3.63) is 54.6 Å². The Labute approximate surface area is 144 Å². The van der Waals surface area contributed by atoms with Crippen molar-refractivity contribution in [3.8, 4) is 0 Å². The molecule has 2 aromatic rings. The first kappa shape index (κ1) is 16.7. The minimum atomic E-state index is -0.0628. The Morgan fingerprint density at radius 2 is 2.08 bits per heavy atom. The third-order valence-corrected chi connectivity index (χ3v) is 5.31. The summed E-state index contributed by atoms with van der Waals surface area (Å²) in [7, 11) is 0. The average Bonchev–Trinajstić information content (AvgIpc) is 3.13. The fourth-order valence-corrected chi connectivity index (χ4v) is 3.88. The number of hydrogen-bond acceptors (Lipinski definition) is 2. The second-order valence-corrected chi connectivity index (χ2v) is 6.80. The number of aromatic nitrogens is 2. The molecular weight excluding hydrogens is 298 g/mol. The van der Waals surface area contributed by atoms with Gasteiger partial charge in [-0.2, -0.15) is 0 Å². The fourth-order valence-electron chi connectivity index (χ4n) is 3.88. The molecule has 4 nitrogen and oxygen atoms in total. The van der Waals surface area contributed by atoms with Crippen molar-refractivity contribution < 1.29 is 4.79 Å². The number of rotatable bonds is 6. The quantitative estimate of drug-likeness (QED) is 0.812. The monoisotopic (exact) mass is 325 g/mol. The normalized spacial score (nSPS) is 21.0.